The number of rotatable bonds is 6. The molecular weight excluding hydrogens is 353 g/mol. The minimum Gasteiger partial charge on any atom is -0.381 e. The van der Waals surface area contributed by atoms with Crippen molar-refractivity contribution in [2.24, 2.45) is 0 Å². The van der Waals surface area contributed by atoms with E-state index in [2.05, 4.69) is 15.0 Å². The number of nitrogens with zero attached hydrogens (tertiary/aromatic N) is 1. The highest BCUT2D eigenvalue weighted by molar-refractivity contribution is 7.92. The first-order valence-corrected chi connectivity index (χ1v) is 9.44. The minimum atomic E-state index is -3.77. The zero-order chi connectivity index (χ0) is 18.6. The molecule has 0 fully saturated rings. The Morgan fingerprint density at radius 1 is 0.962 bits per heavy atom. The van der Waals surface area contributed by atoms with Gasteiger partial charge in [0.25, 0.3) is 10.0 Å². The fourth-order valence-electron chi connectivity index (χ4n) is 2.49. The molecule has 0 aliphatic heterocycles. The number of aromatic nitrogens is 1. The molecule has 1 heterocycles. The van der Waals surface area contributed by atoms with Gasteiger partial charge in [0.05, 0.1) is 4.90 Å². The number of pyridine rings is 1. The van der Waals surface area contributed by atoms with Gasteiger partial charge in [-0.2, -0.15) is 0 Å². The number of anilines is 2. The summed E-state index contributed by atoms with van der Waals surface area (Å²) in [6, 6.07) is 14.3. The molecule has 0 saturated heterocycles. The second kappa shape index (κ2) is 7.53. The van der Waals surface area contributed by atoms with Crippen LogP contribution in [0.15, 0.2) is 71.9 Å². The summed E-state index contributed by atoms with van der Waals surface area (Å²) in [4.78, 5) is 4.02. The smallest absolute Gasteiger partial charge is 0.262 e. The average Bonchev–Trinajstić information content (AvgIpc) is 2.61. The predicted octanol–water partition coefficient (Wildman–Crippen LogP) is 3.94. The fourth-order valence-corrected chi connectivity index (χ4v) is 3.77. The van der Waals surface area contributed by atoms with Gasteiger partial charge in [0.2, 0.25) is 0 Å². The average molecular weight is 371 g/mol. The molecular formula is C19H18FN3O2S. The highest BCUT2D eigenvalue weighted by Crippen LogP contribution is 2.21. The van der Waals surface area contributed by atoms with E-state index in [1.807, 2.05) is 12.1 Å². The van der Waals surface area contributed by atoms with Crippen molar-refractivity contribution in [2.75, 3.05) is 10.0 Å². The first-order chi connectivity index (χ1) is 12.4. The number of aryl methyl sites for hydroxylation is 1. The maximum atomic E-state index is 13.2. The standard InChI is InChI=1S/C19H18FN3O2S/c1-14-12-16(20)2-7-19(14)26(24,25)23-18-5-3-17(4-6-18)22-13-15-8-10-21-11-9-15/h2-12,22-23H,13H2,1H3. The van der Waals surface area contributed by atoms with Gasteiger partial charge in [-0.1, -0.05) is 0 Å². The first kappa shape index (κ1) is 17.9. The molecule has 0 saturated carbocycles. The van der Waals surface area contributed by atoms with Crippen molar-refractivity contribution in [3.8, 4) is 0 Å². The van der Waals surface area contributed by atoms with Crippen LogP contribution in [0.25, 0.3) is 0 Å². The number of benzene rings is 2. The van der Waals surface area contributed by atoms with Crippen LogP contribution in [0.4, 0.5) is 15.8 Å². The van der Waals surface area contributed by atoms with Crippen LogP contribution in [-0.2, 0) is 16.6 Å². The van der Waals surface area contributed by atoms with Crippen LogP contribution in [0.2, 0.25) is 0 Å². The summed E-state index contributed by atoms with van der Waals surface area (Å²) in [6.45, 7) is 2.20. The molecule has 134 valence electrons. The molecule has 2 N–H and O–H groups in total. The van der Waals surface area contributed by atoms with Gasteiger partial charge in [0, 0.05) is 30.3 Å². The summed E-state index contributed by atoms with van der Waals surface area (Å²) < 4.78 is 40.6. The Labute approximate surface area is 152 Å². The zero-order valence-electron chi connectivity index (χ0n) is 14.1. The molecule has 26 heavy (non-hydrogen) atoms. The third-order valence-corrected chi connectivity index (χ3v) is 5.35. The van der Waals surface area contributed by atoms with Gasteiger partial charge in [-0.15, -0.1) is 0 Å². The molecule has 3 rings (SSSR count). The molecule has 0 spiro atoms. The molecule has 0 bridgehead atoms. The van der Waals surface area contributed by atoms with Crippen molar-refractivity contribution in [1.82, 2.24) is 4.98 Å². The van der Waals surface area contributed by atoms with E-state index >= 15 is 0 Å². The van der Waals surface area contributed by atoms with Crippen molar-refractivity contribution >= 4 is 21.4 Å². The lowest BCUT2D eigenvalue weighted by Gasteiger charge is -2.11. The summed E-state index contributed by atoms with van der Waals surface area (Å²) >= 11 is 0. The van der Waals surface area contributed by atoms with Crippen LogP contribution in [0.1, 0.15) is 11.1 Å². The number of halogens is 1. The van der Waals surface area contributed by atoms with E-state index in [0.29, 0.717) is 17.8 Å². The van der Waals surface area contributed by atoms with Gasteiger partial charge in [-0.3, -0.25) is 9.71 Å². The molecule has 0 amide bonds. The van der Waals surface area contributed by atoms with E-state index in [1.165, 1.54) is 12.1 Å². The van der Waals surface area contributed by atoms with Crippen molar-refractivity contribution in [3.63, 3.8) is 0 Å². The third-order valence-electron chi connectivity index (χ3n) is 3.81. The lowest BCUT2D eigenvalue weighted by molar-refractivity contribution is 0.598. The predicted molar refractivity (Wildman–Crippen MR) is 100.0 cm³/mol. The summed E-state index contributed by atoms with van der Waals surface area (Å²) in [5.74, 6) is -0.467. The molecule has 5 nitrogen and oxygen atoms in total. The van der Waals surface area contributed by atoms with E-state index in [-0.39, 0.29) is 4.90 Å². The van der Waals surface area contributed by atoms with Gasteiger partial charge in [0.1, 0.15) is 5.82 Å². The number of nitrogens with one attached hydrogen (secondary N) is 2. The van der Waals surface area contributed by atoms with E-state index in [4.69, 9.17) is 0 Å². The van der Waals surface area contributed by atoms with Crippen LogP contribution >= 0.6 is 0 Å². The lowest BCUT2D eigenvalue weighted by atomic mass is 10.2. The summed E-state index contributed by atoms with van der Waals surface area (Å²) in [5, 5.41) is 3.25. The van der Waals surface area contributed by atoms with Crippen LogP contribution in [0, 0.1) is 12.7 Å². The Kier molecular flexibility index (Phi) is 5.18. The van der Waals surface area contributed by atoms with Crippen LogP contribution in [0.5, 0.6) is 0 Å². The Morgan fingerprint density at radius 3 is 2.27 bits per heavy atom. The number of sulfonamides is 1. The van der Waals surface area contributed by atoms with Crippen molar-refractivity contribution in [2.45, 2.75) is 18.4 Å². The maximum absolute atomic E-state index is 13.2. The van der Waals surface area contributed by atoms with Gasteiger partial charge in [-0.05, 0) is 72.6 Å². The zero-order valence-corrected chi connectivity index (χ0v) is 14.9. The lowest BCUT2D eigenvalue weighted by Crippen LogP contribution is -2.14. The molecule has 2 aromatic carbocycles. The molecule has 7 heteroatoms. The Bertz CT molecular complexity index is 991. The molecule has 3 aromatic rings. The molecule has 1 aromatic heterocycles. The first-order valence-electron chi connectivity index (χ1n) is 7.96. The largest absolute Gasteiger partial charge is 0.381 e. The molecule has 0 aliphatic carbocycles. The topological polar surface area (TPSA) is 71.1 Å². The van der Waals surface area contributed by atoms with Gasteiger partial charge in [0.15, 0.2) is 0 Å². The van der Waals surface area contributed by atoms with Gasteiger partial charge in [-0.25, -0.2) is 12.8 Å². The van der Waals surface area contributed by atoms with Crippen LogP contribution in [-0.4, -0.2) is 13.4 Å². The van der Waals surface area contributed by atoms with Crippen molar-refractivity contribution < 1.29 is 12.8 Å². The van der Waals surface area contributed by atoms with E-state index in [0.717, 1.165) is 17.3 Å². The Hall–Kier alpha value is -2.93. The van der Waals surface area contributed by atoms with E-state index in [9.17, 15) is 12.8 Å². The molecule has 0 atom stereocenters. The maximum Gasteiger partial charge on any atom is 0.262 e. The van der Waals surface area contributed by atoms with Crippen LogP contribution in [0.3, 0.4) is 0 Å². The molecule has 0 radical (unpaired) electrons. The molecule has 0 unspecified atom stereocenters. The highest BCUT2D eigenvalue weighted by Gasteiger charge is 2.17. The summed E-state index contributed by atoms with van der Waals surface area (Å²) in [7, 11) is -3.77. The van der Waals surface area contributed by atoms with Gasteiger partial charge < -0.3 is 5.32 Å². The third kappa shape index (κ3) is 4.37. The minimum absolute atomic E-state index is 0.0544. The normalized spacial score (nSPS) is 11.2. The van der Waals surface area contributed by atoms with Gasteiger partial charge >= 0.3 is 0 Å². The second-order valence-electron chi connectivity index (χ2n) is 5.80. The number of hydrogen-bond donors (Lipinski definition) is 2. The monoisotopic (exact) mass is 371 g/mol. The summed E-state index contributed by atoms with van der Waals surface area (Å²) in [6.07, 6.45) is 3.46. The van der Waals surface area contributed by atoms with Crippen molar-refractivity contribution in [3.05, 3.63) is 83.9 Å². The number of hydrogen-bond acceptors (Lipinski definition) is 4. The second-order valence-corrected chi connectivity index (χ2v) is 7.45. The van der Waals surface area contributed by atoms with E-state index in [1.54, 1.807) is 43.6 Å². The van der Waals surface area contributed by atoms with E-state index < -0.39 is 15.8 Å². The Morgan fingerprint density at radius 2 is 1.62 bits per heavy atom. The Balaban J connectivity index is 1.68. The quantitative estimate of drug-likeness (QED) is 0.688. The SMILES string of the molecule is Cc1cc(F)ccc1S(=O)(=O)Nc1ccc(NCc2ccncc2)cc1. The fraction of sp³-hybridized carbons (Fsp3) is 0.105. The highest BCUT2D eigenvalue weighted by atomic mass is 32.2. The summed E-state index contributed by atoms with van der Waals surface area (Å²) in [5.41, 5.74) is 2.75. The van der Waals surface area contributed by atoms with Crippen molar-refractivity contribution in [1.29, 1.82) is 0 Å². The van der Waals surface area contributed by atoms with Crippen LogP contribution < -0.4 is 10.0 Å². The molecule has 0 aliphatic rings.